The van der Waals surface area contributed by atoms with Gasteiger partial charge in [0.15, 0.2) is 0 Å². The van der Waals surface area contributed by atoms with Gasteiger partial charge in [0.1, 0.15) is 18.2 Å². The van der Waals surface area contributed by atoms with Gasteiger partial charge in [0.25, 0.3) is 0 Å². The molecule has 0 bridgehead atoms. The Labute approximate surface area is 139 Å². The number of rotatable bonds is 2. The normalized spacial score (nSPS) is 21.2. The van der Waals surface area contributed by atoms with Crippen LogP contribution in [0.4, 0.5) is 5.82 Å². The lowest BCUT2D eigenvalue weighted by Gasteiger charge is -2.36. The Hall–Kier alpha value is -2.70. The van der Waals surface area contributed by atoms with Crippen LogP contribution in [0.5, 0.6) is 0 Å². The van der Waals surface area contributed by atoms with Gasteiger partial charge in [0.2, 0.25) is 11.8 Å². The van der Waals surface area contributed by atoms with E-state index in [2.05, 4.69) is 20.2 Å². The Balaban J connectivity index is 1.46. The molecule has 0 aliphatic carbocycles. The van der Waals surface area contributed by atoms with Crippen molar-refractivity contribution in [3.8, 4) is 0 Å². The first-order chi connectivity index (χ1) is 11.7. The summed E-state index contributed by atoms with van der Waals surface area (Å²) in [7, 11) is 0. The lowest BCUT2D eigenvalue weighted by molar-refractivity contribution is -0.134. The van der Waals surface area contributed by atoms with Gasteiger partial charge in [-0.15, -0.1) is 0 Å². The average molecular weight is 325 g/mol. The molecule has 2 saturated heterocycles. The number of nitrogens with one attached hydrogen (secondary N) is 1. The number of nitrogens with zero attached hydrogens (tertiary/aromatic N) is 4. The Morgan fingerprint density at radius 3 is 2.67 bits per heavy atom. The van der Waals surface area contributed by atoms with E-state index in [4.69, 9.17) is 0 Å². The van der Waals surface area contributed by atoms with Crippen molar-refractivity contribution < 1.29 is 9.59 Å². The zero-order valence-corrected chi connectivity index (χ0v) is 13.3. The molecule has 7 nitrogen and oxygen atoms in total. The third-order valence-electron chi connectivity index (χ3n) is 4.71. The average Bonchev–Trinajstić information content (AvgIpc) is 3.07. The number of aromatic nitrogens is 2. The number of carbonyl (C=O) groups is 2. The fraction of sp³-hybridized carbons (Fsp3) is 0.412. The molecule has 7 heteroatoms. The van der Waals surface area contributed by atoms with Crippen LogP contribution < -0.4 is 10.2 Å². The van der Waals surface area contributed by atoms with E-state index in [0.717, 1.165) is 29.8 Å². The first-order valence-corrected chi connectivity index (χ1v) is 8.25. The molecule has 2 aromatic rings. The minimum Gasteiger partial charge on any atom is -0.352 e. The number of carbonyl (C=O) groups excluding carboxylic acids is 2. The number of benzene rings is 1. The minimum absolute atomic E-state index is 0.0283. The molecule has 0 spiro atoms. The van der Waals surface area contributed by atoms with Crippen LogP contribution in [0.3, 0.4) is 0 Å². The molecule has 2 aliphatic heterocycles. The molecular weight excluding hydrogens is 306 g/mol. The molecule has 4 rings (SSSR count). The first kappa shape index (κ1) is 14.9. The maximum Gasteiger partial charge on any atom is 0.245 e. The molecule has 0 saturated carbocycles. The fourth-order valence-corrected chi connectivity index (χ4v) is 3.40. The highest BCUT2D eigenvalue weighted by Gasteiger charge is 2.32. The molecule has 1 unspecified atom stereocenters. The minimum atomic E-state index is -0.344. The van der Waals surface area contributed by atoms with Crippen molar-refractivity contribution in [2.45, 2.75) is 18.9 Å². The van der Waals surface area contributed by atoms with Crippen molar-refractivity contribution in [3.63, 3.8) is 0 Å². The van der Waals surface area contributed by atoms with Crippen LogP contribution in [-0.4, -0.2) is 58.9 Å². The molecule has 2 amide bonds. The molecule has 1 aromatic heterocycles. The lowest BCUT2D eigenvalue weighted by Crippen LogP contribution is -2.53. The number of hydrogen-bond donors (Lipinski definition) is 1. The summed E-state index contributed by atoms with van der Waals surface area (Å²) in [6.07, 6.45) is 2.64. The van der Waals surface area contributed by atoms with E-state index in [1.54, 1.807) is 6.33 Å². The van der Waals surface area contributed by atoms with Crippen LogP contribution in [0.1, 0.15) is 12.8 Å². The molecule has 2 aliphatic rings. The van der Waals surface area contributed by atoms with Gasteiger partial charge in [0.05, 0.1) is 5.52 Å². The van der Waals surface area contributed by atoms with Crippen LogP contribution in [0.2, 0.25) is 0 Å². The van der Waals surface area contributed by atoms with Gasteiger partial charge in [-0.1, -0.05) is 12.1 Å². The van der Waals surface area contributed by atoms with Crippen molar-refractivity contribution in [2.24, 2.45) is 0 Å². The topological polar surface area (TPSA) is 78.4 Å². The molecular formula is C17H19N5O2. The van der Waals surface area contributed by atoms with E-state index < -0.39 is 0 Å². The molecule has 24 heavy (non-hydrogen) atoms. The second kappa shape index (κ2) is 6.07. The summed E-state index contributed by atoms with van der Waals surface area (Å²) in [6.45, 7) is 2.74. The Kier molecular flexibility index (Phi) is 3.76. The van der Waals surface area contributed by atoms with Gasteiger partial charge in [-0.25, -0.2) is 9.97 Å². The van der Waals surface area contributed by atoms with Crippen molar-refractivity contribution >= 4 is 28.5 Å². The number of hydrogen-bond acceptors (Lipinski definition) is 5. The lowest BCUT2D eigenvalue weighted by atomic mass is 10.1. The van der Waals surface area contributed by atoms with Gasteiger partial charge in [0, 0.05) is 38.0 Å². The second-order valence-corrected chi connectivity index (χ2v) is 6.19. The van der Waals surface area contributed by atoms with Crippen LogP contribution in [0.15, 0.2) is 30.6 Å². The third-order valence-corrected chi connectivity index (χ3v) is 4.71. The predicted molar refractivity (Wildman–Crippen MR) is 89.5 cm³/mol. The van der Waals surface area contributed by atoms with E-state index in [-0.39, 0.29) is 17.9 Å². The SMILES string of the molecule is O=C1CCC(C(=O)N2CCN(c3ncnc4ccccc34)CC2)N1. The second-order valence-electron chi connectivity index (χ2n) is 6.19. The van der Waals surface area contributed by atoms with E-state index in [1.165, 1.54) is 0 Å². The van der Waals surface area contributed by atoms with Gasteiger partial charge in [-0.05, 0) is 18.6 Å². The molecule has 1 atom stereocenters. The molecule has 1 aromatic carbocycles. The number of piperazine rings is 1. The van der Waals surface area contributed by atoms with Gasteiger partial charge < -0.3 is 15.1 Å². The van der Waals surface area contributed by atoms with Gasteiger partial charge in [-0.2, -0.15) is 0 Å². The number of para-hydroxylation sites is 1. The first-order valence-electron chi connectivity index (χ1n) is 8.25. The maximum absolute atomic E-state index is 12.5. The standard InChI is InChI=1S/C17H19N5O2/c23-15-6-5-14(20-15)17(24)22-9-7-21(8-10-22)16-12-3-1-2-4-13(12)18-11-19-16/h1-4,11,14H,5-10H2,(H,20,23). The monoisotopic (exact) mass is 325 g/mol. The fourth-order valence-electron chi connectivity index (χ4n) is 3.40. The van der Waals surface area contributed by atoms with E-state index in [9.17, 15) is 9.59 Å². The molecule has 3 heterocycles. The maximum atomic E-state index is 12.5. The Morgan fingerprint density at radius 1 is 1.12 bits per heavy atom. The molecule has 1 N–H and O–H groups in total. The third kappa shape index (κ3) is 2.66. The molecule has 2 fully saturated rings. The van der Waals surface area contributed by atoms with Crippen LogP contribution in [0, 0.1) is 0 Å². The summed E-state index contributed by atoms with van der Waals surface area (Å²) in [5.41, 5.74) is 0.926. The van der Waals surface area contributed by atoms with E-state index in [1.807, 2.05) is 29.2 Å². The van der Waals surface area contributed by atoms with Crippen LogP contribution >= 0.6 is 0 Å². The quantitative estimate of drug-likeness (QED) is 0.873. The zero-order chi connectivity index (χ0) is 16.5. The smallest absolute Gasteiger partial charge is 0.245 e. The molecule has 0 radical (unpaired) electrons. The summed E-state index contributed by atoms with van der Waals surface area (Å²) >= 11 is 0. The number of amides is 2. The van der Waals surface area contributed by atoms with Crippen molar-refractivity contribution in [1.29, 1.82) is 0 Å². The van der Waals surface area contributed by atoms with Crippen molar-refractivity contribution in [1.82, 2.24) is 20.2 Å². The number of fused-ring (bicyclic) bond motifs is 1. The van der Waals surface area contributed by atoms with Crippen LogP contribution in [-0.2, 0) is 9.59 Å². The summed E-state index contributed by atoms with van der Waals surface area (Å²) in [5, 5.41) is 3.78. The predicted octanol–water partition coefficient (Wildman–Crippen LogP) is 0.557. The van der Waals surface area contributed by atoms with E-state index >= 15 is 0 Å². The molecule has 124 valence electrons. The summed E-state index contributed by atoms with van der Waals surface area (Å²) in [6, 6.07) is 7.60. The highest BCUT2D eigenvalue weighted by atomic mass is 16.2. The van der Waals surface area contributed by atoms with E-state index in [0.29, 0.717) is 25.9 Å². The summed E-state index contributed by atoms with van der Waals surface area (Å²) in [5.74, 6) is 0.925. The Morgan fingerprint density at radius 2 is 1.92 bits per heavy atom. The highest BCUT2D eigenvalue weighted by Crippen LogP contribution is 2.23. The van der Waals surface area contributed by atoms with Gasteiger partial charge >= 0.3 is 0 Å². The Bertz CT molecular complexity index is 780. The summed E-state index contributed by atoms with van der Waals surface area (Å²) < 4.78 is 0. The highest BCUT2D eigenvalue weighted by molar-refractivity contribution is 5.91. The van der Waals surface area contributed by atoms with Crippen molar-refractivity contribution in [2.75, 3.05) is 31.1 Å². The summed E-state index contributed by atoms with van der Waals surface area (Å²) in [4.78, 5) is 36.5. The van der Waals surface area contributed by atoms with Crippen molar-refractivity contribution in [3.05, 3.63) is 30.6 Å². The van der Waals surface area contributed by atoms with Gasteiger partial charge in [-0.3, -0.25) is 9.59 Å². The largest absolute Gasteiger partial charge is 0.352 e. The van der Waals surface area contributed by atoms with Crippen LogP contribution in [0.25, 0.3) is 10.9 Å². The zero-order valence-electron chi connectivity index (χ0n) is 13.3. The number of anilines is 1.